The van der Waals surface area contributed by atoms with Crippen LogP contribution < -0.4 is 15.5 Å². The lowest BCUT2D eigenvalue weighted by molar-refractivity contribution is -0.131. The van der Waals surface area contributed by atoms with E-state index in [1.54, 1.807) is 36.4 Å². The first-order chi connectivity index (χ1) is 21.3. The molecule has 0 spiro atoms. The standard InChI is InChI=1S/C34H39Cl2N5O3/c1-24-21-29(36)9-7-25(24)11-13-37-33(43)27-8-10-31(30(23-27)38-34(44)26-5-4-6-28(35)22-26)40-17-19-41(20-18-40)32(42)12-16-39-14-2-3-15-39/h4-10,21-23H,2-3,11-20H2,1H3,(H,37,43)(H,38,44). The van der Waals surface area contributed by atoms with E-state index < -0.39 is 0 Å². The third-order valence-electron chi connectivity index (χ3n) is 8.39. The Morgan fingerprint density at radius 2 is 1.52 bits per heavy atom. The van der Waals surface area contributed by atoms with Crippen molar-refractivity contribution in [1.82, 2.24) is 15.1 Å². The fraction of sp³-hybridized carbons (Fsp3) is 0.382. The van der Waals surface area contributed by atoms with E-state index in [0.717, 1.165) is 36.4 Å². The average Bonchev–Trinajstić information content (AvgIpc) is 3.55. The van der Waals surface area contributed by atoms with Crippen LogP contribution in [0.4, 0.5) is 11.4 Å². The van der Waals surface area contributed by atoms with E-state index >= 15 is 0 Å². The first kappa shape index (κ1) is 31.8. The highest BCUT2D eigenvalue weighted by Crippen LogP contribution is 2.29. The number of piperazine rings is 1. The summed E-state index contributed by atoms with van der Waals surface area (Å²) < 4.78 is 0. The molecule has 3 amide bonds. The summed E-state index contributed by atoms with van der Waals surface area (Å²) in [6.07, 6.45) is 3.65. The van der Waals surface area contributed by atoms with Crippen LogP contribution in [0.25, 0.3) is 0 Å². The Balaban J connectivity index is 1.26. The van der Waals surface area contributed by atoms with E-state index in [2.05, 4.69) is 20.4 Å². The van der Waals surface area contributed by atoms with E-state index in [-0.39, 0.29) is 17.7 Å². The van der Waals surface area contributed by atoms with Gasteiger partial charge in [0.25, 0.3) is 11.8 Å². The van der Waals surface area contributed by atoms with Crippen molar-refractivity contribution in [3.8, 4) is 0 Å². The zero-order valence-corrected chi connectivity index (χ0v) is 26.6. The van der Waals surface area contributed by atoms with Gasteiger partial charge in [-0.05, 0) is 98.9 Å². The SMILES string of the molecule is Cc1cc(Cl)ccc1CCNC(=O)c1ccc(N2CCN(C(=O)CCN3CCCC3)CC2)c(NC(=O)c2cccc(Cl)c2)c1. The minimum absolute atomic E-state index is 0.187. The number of rotatable bonds is 10. The summed E-state index contributed by atoms with van der Waals surface area (Å²) >= 11 is 12.2. The fourth-order valence-electron chi connectivity index (χ4n) is 5.84. The molecule has 0 aliphatic carbocycles. The number of aryl methyl sites for hydroxylation is 1. The molecule has 0 radical (unpaired) electrons. The van der Waals surface area contributed by atoms with Gasteiger partial charge in [-0.15, -0.1) is 0 Å². The van der Waals surface area contributed by atoms with E-state index in [0.29, 0.717) is 72.4 Å². The molecular formula is C34H39Cl2N5O3. The van der Waals surface area contributed by atoms with Crippen LogP contribution in [0.1, 0.15) is 51.1 Å². The number of benzene rings is 3. The van der Waals surface area contributed by atoms with Crippen LogP contribution in [-0.4, -0.2) is 79.9 Å². The van der Waals surface area contributed by atoms with Gasteiger partial charge >= 0.3 is 0 Å². The van der Waals surface area contributed by atoms with Crippen molar-refractivity contribution in [2.24, 2.45) is 0 Å². The average molecular weight is 637 g/mol. The predicted octanol–water partition coefficient (Wildman–Crippen LogP) is 5.66. The van der Waals surface area contributed by atoms with E-state index in [9.17, 15) is 14.4 Å². The maximum Gasteiger partial charge on any atom is 0.255 e. The Kier molecular flexibility index (Phi) is 10.8. The summed E-state index contributed by atoms with van der Waals surface area (Å²) in [7, 11) is 0. The van der Waals surface area contributed by atoms with Gasteiger partial charge in [0.15, 0.2) is 0 Å². The lowest BCUT2D eigenvalue weighted by Crippen LogP contribution is -2.49. The Morgan fingerprint density at radius 1 is 0.795 bits per heavy atom. The van der Waals surface area contributed by atoms with Crippen molar-refractivity contribution in [2.75, 3.05) is 62.6 Å². The van der Waals surface area contributed by atoms with Crippen LogP contribution in [0.2, 0.25) is 10.0 Å². The quantitative estimate of drug-likeness (QED) is 0.300. The number of amides is 3. The van der Waals surface area contributed by atoms with Gasteiger partial charge in [0.1, 0.15) is 0 Å². The van der Waals surface area contributed by atoms with Crippen molar-refractivity contribution < 1.29 is 14.4 Å². The number of likely N-dealkylation sites (tertiary alicyclic amines) is 1. The van der Waals surface area contributed by atoms with Gasteiger partial charge in [-0.3, -0.25) is 14.4 Å². The molecule has 0 atom stereocenters. The minimum Gasteiger partial charge on any atom is -0.366 e. The molecule has 0 unspecified atom stereocenters. The molecule has 5 rings (SSSR count). The Hall–Kier alpha value is -3.59. The first-order valence-electron chi connectivity index (χ1n) is 15.3. The first-order valence-corrected chi connectivity index (χ1v) is 16.0. The summed E-state index contributed by atoms with van der Waals surface area (Å²) in [6, 6.07) is 17.9. The molecule has 2 aliphatic heterocycles. The molecule has 8 nitrogen and oxygen atoms in total. The maximum absolute atomic E-state index is 13.2. The second-order valence-electron chi connectivity index (χ2n) is 11.4. The number of nitrogens with one attached hydrogen (secondary N) is 2. The number of hydrogen-bond acceptors (Lipinski definition) is 5. The minimum atomic E-state index is -0.319. The highest BCUT2D eigenvalue weighted by Gasteiger charge is 2.25. The van der Waals surface area contributed by atoms with Gasteiger partial charge in [-0.2, -0.15) is 0 Å². The molecule has 2 aliphatic rings. The highest BCUT2D eigenvalue weighted by atomic mass is 35.5. The summed E-state index contributed by atoms with van der Waals surface area (Å²) in [5.41, 5.74) is 4.40. The molecule has 0 bridgehead atoms. The van der Waals surface area contributed by atoms with Crippen LogP contribution in [-0.2, 0) is 11.2 Å². The Morgan fingerprint density at radius 3 is 2.25 bits per heavy atom. The van der Waals surface area contributed by atoms with E-state index in [1.807, 2.05) is 36.1 Å². The van der Waals surface area contributed by atoms with Crippen molar-refractivity contribution in [3.63, 3.8) is 0 Å². The summed E-state index contributed by atoms with van der Waals surface area (Å²) in [6.45, 7) is 7.91. The number of anilines is 2. The molecular weight excluding hydrogens is 597 g/mol. The molecule has 44 heavy (non-hydrogen) atoms. The maximum atomic E-state index is 13.2. The number of carbonyl (C=O) groups excluding carboxylic acids is 3. The van der Waals surface area contributed by atoms with Crippen molar-refractivity contribution >= 4 is 52.3 Å². The van der Waals surface area contributed by atoms with Crippen molar-refractivity contribution in [2.45, 2.75) is 32.6 Å². The third kappa shape index (κ3) is 8.31. The van der Waals surface area contributed by atoms with Crippen molar-refractivity contribution in [1.29, 1.82) is 0 Å². The smallest absolute Gasteiger partial charge is 0.255 e. The van der Waals surface area contributed by atoms with Gasteiger partial charge in [0.05, 0.1) is 11.4 Å². The largest absolute Gasteiger partial charge is 0.366 e. The van der Waals surface area contributed by atoms with Crippen LogP contribution in [0.3, 0.4) is 0 Å². The summed E-state index contributed by atoms with van der Waals surface area (Å²) in [5, 5.41) is 7.16. The van der Waals surface area contributed by atoms with Gasteiger partial charge < -0.3 is 25.3 Å². The highest BCUT2D eigenvalue weighted by molar-refractivity contribution is 6.31. The summed E-state index contributed by atoms with van der Waals surface area (Å²) in [4.78, 5) is 45.7. The van der Waals surface area contributed by atoms with E-state index in [1.165, 1.54) is 12.8 Å². The van der Waals surface area contributed by atoms with Crippen molar-refractivity contribution in [3.05, 3.63) is 93.0 Å². The van der Waals surface area contributed by atoms with Gasteiger partial charge in [-0.25, -0.2) is 0 Å². The third-order valence-corrected chi connectivity index (χ3v) is 8.86. The van der Waals surface area contributed by atoms with Crippen LogP contribution in [0, 0.1) is 6.92 Å². The summed E-state index contributed by atoms with van der Waals surface area (Å²) in [5.74, 6) is -0.359. The monoisotopic (exact) mass is 635 g/mol. The lowest BCUT2D eigenvalue weighted by atomic mass is 10.1. The zero-order chi connectivity index (χ0) is 31.1. The molecule has 2 fully saturated rings. The number of halogens is 2. The molecule has 0 saturated carbocycles. The molecule has 232 valence electrons. The molecule has 3 aromatic carbocycles. The fourth-order valence-corrected chi connectivity index (χ4v) is 6.26. The van der Waals surface area contributed by atoms with Gasteiger partial charge in [-0.1, -0.05) is 35.3 Å². The van der Waals surface area contributed by atoms with Gasteiger partial charge in [0, 0.05) is 66.9 Å². The van der Waals surface area contributed by atoms with Crippen LogP contribution in [0.15, 0.2) is 60.7 Å². The molecule has 0 aromatic heterocycles. The Bertz CT molecular complexity index is 1500. The van der Waals surface area contributed by atoms with E-state index in [4.69, 9.17) is 23.2 Å². The molecule has 2 N–H and O–H groups in total. The lowest BCUT2D eigenvalue weighted by Gasteiger charge is -2.37. The number of hydrogen-bond donors (Lipinski definition) is 2. The van der Waals surface area contributed by atoms with Crippen LogP contribution in [0.5, 0.6) is 0 Å². The molecule has 3 aromatic rings. The second kappa shape index (κ2) is 14.9. The zero-order valence-electron chi connectivity index (χ0n) is 25.1. The molecule has 10 heteroatoms. The number of nitrogens with zero attached hydrogens (tertiary/aromatic N) is 3. The normalized spacial score (nSPS) is 15.3. The topological polar surface area (TPSA) is 85.0 Å². The van der Waals surface area contributed by atoms with Crippen LogP contribution >= 0.6 is 23.2 Å². The second-order valence-corrected chi connectivity index (χ2v) is 12.3. The number of carbonyl (C=O) groups is 3. The Labute approximate surface area is 269 Å². The molecule has 2 saturated heterocycles. The van der Waals surface area contributed by atoms with Gasteiger partial charge in [0.2, 0.25) is 5.91 Å². The predicted molar refractivity (Wildman–Crippen MR) is 177 cm³/mol. The molecule has 2 heterocycles.